The minimum Gasteiger partial charge on any atom is -0.457 e. The highest BCUT2D eigenvalue weighted by Gasteiger charge is 2.09. The van der Waals surface area contributed by atoms with Crippen molar-refractivity contribution in [3.8, 4) is 11.5 Å². The maximum atomic E-state index is 13.5. The lowest BCUT2D eigenvalue weighted by molar-refractivity contribution is 0.270. The van der Waals surface area contributed by atoms with Crippen LogP contribution in [0.15, 0.2) is 42.5 Å². The summed E-state index contributed by atoms with van der Waals surface area (Å²) in [5.41, 5.74) is 1.43. The fourth-order valence-corrected chi connectivity index (χ4v) is 1.93. The van der Waals surface area contributed by atoms with Crippen LogP contribution in [-0.4, -0.2) is 5.11 Å². The molecule has 0 aromatic heterocycles. The molecule has 0 unspecified atom stereocenters. The van der Waals surface area contributed by atoms with E-state index in [4.69, 9.17) is 4.74 Å². The first kappa shape index (κ1) is 13.6. The van der Waals surface area contributed by atoms with Gasteiger partial charge in [-0.1, -0.05) is 31.5 Å². The van der Waals surface area contributed by atoms with Crippen LogP contribution >= 0.6 is 0 Å². The number of hydrogen-bond donors (Lipinski definition) is 1. The third-order valence-corrected chi connectivity index (χ3v) is 2.92. The van der Waals surface area contributed by atoms with E-state index in [-0.39, 0.29) is 12.2 Å². The maximum absolute atomic E-state index is 13.5. The lowest BCUT2D eigenvalue weighted by atomic mass is 10.1. The van der Waals surface area contributed by atoms with E-state index >= 15 is 0 Å². The second-order valence-corrected chi connectivity index (χ2v) is 4.37. The van der Waals surface area contributed by atoms with Crippen molar-refractivity contribution in [2.45, 2.75) is 26.4 Å². The summed E-state index contributed by atoms with van der Waals surface area (Å²) < 4.78 is 19.1. The molecule has 0 spiro atoms. The summed E-state index contributed by atoms with van der Waals surface area (Å²) in [6.45, 7) is 1.75. The third-order valence-electron chi connectivity index (χ3n) is 2.92. The van der Waals surface area contributed by atoms with Gasteiger partial charge in [-0.3, -0.25) is 0 Å². The molecular formula is C16H17FO2. The zero-order valence-corrected chi connectivity index (χ0v) is 10.9. The van der Waals surface area contributed by atoms with Crippen LogP contribution in [-0.2, 0) is 13.0 Å². The maximum Gasteiger partial charge on any atom is 0.135 e. The van der Waals surface area contributed by atoms with E-state index in [1.54, 1.807) is 12.1 Å². The highest BCUT2D eigenvalue weighted by atomic mass is 19.1. The predicted molar refractivity (Wildman–Crippen MR) is 72.8 cm³/mol. The first-order valence-corrected chi connectivity index (χ1v) is 6.39. The number of benzene rings is 2. The van der Waals surface area contributed by atoms with Crippen molar-refractivity contribution in [1.29, 1.82) is 0 Å². The van der Waals surface area contributed by atoms with Crippen LogP contribution in [0.4, 0.5) is 4.39 Å². The van der Waals surface area contributed by atoms with Crippen LogP contribution in [0, 0.1) is 5.82 Å². The molecule has 0 bridgehead atoms. The van der Waals surface area contributed by atoms with Gasteiger partial charge in [-0.15, -0.1) is 0 Å². The predicted octanol–water partition coefficient (Wildman–Crippen LogP) is 4.06. The molecule has 100 valence electrons. The number of aliphatic hydroxyl groups is 1. The molecule has 0 amide bonds. The van der Waals surface area contributed by atoms with Gasteiger partial charge in [-0.05, 0) is 36.2 Å². The lowest BCUT2D eigenvalue weighted by Crippen LogP contribution is -1.95. The molecular weight excluding hydrogens is 243 g/mol. The monoisotopic (exact) mass is 260 g/mol. The summed E-state index contributed by atoms with van der Waals surface area (Å²) in [5.74, 6) is 0.536. The number of hydrogen-bond acceptors (Lipinski definition) is 2. The molecule has 0 fully saturated rings. The zero-order chi connectivity index (χ0) is 13.7. The van der Waals surface area contributed by atoms with Gasteiger partial charge in [-0.2, -0.15) is 0 Å². The highest BCUT2D eigenvalue weighted by Crippen LogP contribution is 2.27. The molecule has 0 atom stereocenters. The van der Waals surface area contributed by atoms with Crippen LogP contribution in [0.5, 0.6) is 11.5 Å². The van der Waals surface area contributed by atoms with Crippen LogP contribution in [0.2, 0.25) is 0 Å². The molecule has 0 aliphatic carbocycles. The summed E-state index contributed by atoms with van der Waals surface area (Å²) in [6, 6.07) is 12.2. The Balaban J connectivity index is 2.19. The highest BCUT2D eigenvalue weighted by molar-refractivity contribution is 5.39. The van der Waals surface area contributed by atoms with Gasteiger partial charge < -0.3 is 9.84 Å². The molecule has 0 heterocycles. The van der Waals surface area contributed by atoms with Crippen LogP contribution in [0.3, 0.4) is 0 Å². The Labute approximate surface area is 112 Å². The van der Waals surface area contributed by atoms with Gasteiger partial charge in [0.1, 0.15) is 17.3 Å². The molecule has 0 saturated carbocycles. The van der Waals surface area contributed by atoms with Crippen molar-refractivity contribution < 1.29 is 14.2 Å². The van der Waals surface area contributed by atoms with Crippen LogP contribution in [0.1, 0.15) is 24.5 Å². The smallest absolute Gasteiger partial charge is 0.135 e. The topological polar surface area (TPSA) is 29.5 Å². The Morgan fingerprint density at radius 2 is 1.84 bits per heavy atom. The lowest BCUT2D eigenvalue weighted by Gasteiger charge is -2.10. The molecule has 0 aliphatic heterocycles. The summed E-state index contributed by atoms with van der Waals surface area (Å²) >= 11 is 0. The van der Waals surface area contributed by atoms with E-state index in [2.05, 4.69) is 6.92 Å². The molecule has 1 N–H and O–H groups in total. The standard InChI is InChI=1S/C16H17FO2/c1-2-4-12-7-9-13(10-8-12)19-16-6-3-5-15(17)14(16)11-18/h3,5-10,18H,2,4,11H2,1H3. The number of halogens is 1. The van der Waals surface area contributed by atoms with Crippen molar-refractivity contribution in [2.24, 2.45) is 0 Å². The molecule has 2 nitrogen and oxygen atoms in total. The third kappa shape index (κ3) is 3.32. The molecule has 19 heavy (non-hydrogen) atoms. The summed E-state index contributed by atoms with van der Waals surface area (Å²) in [7, 11) is 0. The van der Waals surface area contributed by atoms with Crippen molar-refractivity contribution in [3.63, 3.8) is 0 Å². The zero-order valence-electron chi connectivity index (χ0n) is 10.9. The van der Waals surface area contributed by atoms with Gasteiger partial charge in [-0.25, -0.2) is 4.39 Å². The molecule has 2 rings (SSSR count). The summed E-state index contributed by atoms with van der Waals surface area (Å²) in [4.78, 5) is 0. The SMILES string of the molecule is CCCc1ccc(Oc2cccc(F)c2CO)cc1. The summed E-state index contributed by atoms with van der Waals surface area (Å²) in [6.07, 6.45) is 2.13. The molecule has 2 aromatic carbocycles. The fraction of sp³-hybridized carbons (Fsp3) is 0.250. The first-order valence-electron chi connectivity index (χ1n) is 6.39. The van der Waals surface area contributed by atoms with Crippen molar-refractivity contribution >= 4 is 0 Å². The average Bonchev–Trinajstić information content (AvgIpc) is 2.42. The average molecular weight is 260 g/mol. The van der Waals surface area contributed by atoms with E-state index in [9.17, 15) is 9.50 Å². The Bertz CT molecular complexity index is 535. The minimum absolute atomic E-state index is 0.181. The number of aryl methyl sites for hydroxylation is 1. The van der Waals surface area contributed by atoms with Gasteiger partial charge in [0.2, 0.25) is 0 Å². The quantitative estimate of drug-likeness (QED) is 0.878. The molecule has 0 saturated heterocycles. The Kier molecular flexibility index (Phi) is 4.53. The van der Waals surface area contributed by atoms with E-state index in [0.29, 0.717) is 11.5 Å². The second-order valence-electron chi connectivity index (χ2n) is 4.37. The van der Waals surface area contributed by atoms with E-state index in [1.165, 1.54) is 11.6 Å². The Hall–Kier alpha value is -1.87. The van der Waals surface area contributed by atoms with E-state index < -0.39 is 5.82 Å². The minimum atomic E-state index is -0.456. The molecule has 2 aromatic rings. The van der Waals surface area contributed by atoms with Gasteiger partial charge in [0.05, 0.1) is 12.2 Å². The first-order chi connectivity index (χ1) is 9.24. The molecule has 0 radical (unpaired) electrons. The Morgan fingerprint density at radius 3 is 2.47 bits per heavy atom. The van der Waals surface area contributed by atoms with Gasteiger partial charge >= 0.3 is 0 Å². The van der Waals surface area contributed by atoms with E-state index in [0.717, 1.165) is 12.8 Å². The van der Waals surface area contributed by atoms with Crippen molar-refractivity contribution in [1.82, 2.24) is 0 Å². The van der Waals surface area contributed by atoms with Crippen LogP contribution < -0.4 is 4.74 Å². The normalized spacial score (nSPS) is 10.5. The molecule has 3 heteroatoms. The fourth-order valence-electron chi connectivity index (χ4n) is 1.93. The van der Waals surface area contributed by atoms with E-state index in [1.807, 2.05) is 24.3 Å². The van der Waals surface area contributed by atoms with Gasteiger partial charge in [0, 0.05) is 0 Å². The number of rotatable bonds is 5. The summed E-state index contributed by atoms with van der Waals surface area (Å²) in [5, 5.41) is 9.17. The van der Waals surface area contributed by atoms with Crippen LogP contribution in [0.25, 0.3) is 0 Å². The van der Waals surface area contributed by atoms with Gasteiger partial charge in [0.25, 0.3) is 0 Å². The van der Waals surface area contributed by atoms with Gasteiger partial charge in [0.15, 0.2) is 0 Å². The molecule has 0 aliphatic rings. The largest absolute Gasteiger partial charge is 0.457 e. The second kappa shape index (κ2) is 6.34. The Morgan fingerprint density at radius 1 is 1.11 bits per heavy atom. The number of ether oxygens (including phenoxy) is 1. The number of aliphatic hydroxyl groups excluding tert-OH is 1. The van der Waals surface area contributed by atoms with Crippen molar-refractivity contribution in [2.75, 3.05) is 0 Å². The van der Waals surface area contributed by atoms with Crippen molar-refractivity contribution in [3.05, 3.63) is 59.4 Å².